The largest absolute Gasteiger partial charge is 0.495 e. The molecule has 1 saturated heterocycles. The van der Waals surface area contributed by atoms with Gasteiger partial charge >= 0.3 is 0 Å². The highest BCUT2D eigenvalue weighted by Gasteiger charge is 2.21. The SMILES string of the molecule is CCNC(=O)c1cccc(CNC(=NC)N2CCN(c3ccccc3OC)CC2)c1.I. The maximum Gasteiger partial charge on any atom is 0.251 e. The van der Waals surface area contributed by atoms with Crippen LogP contribution in [-0.2, 0) is 6.54 Å². The van der Waals surface area contributed by atoms with E-state index in [0.29, 0.717) is 18.7 Å². The predicted molar refractivity (Wildman–Crippen MR) is 137 cm³/mol. The van der Waals surface area contributed by atoms with Gasteiger partial charge in [-0.2, -0.15) is 0 Å². The summed E-state index contributed by atoms with van der Waals surface area (Å²) in [5.41, 5.74) is 2.86. The lowest BCUT2D eigenvalue weighted by molar-refractivity contribution is 0.0955. The maximum absolute atomic E-state index is 12.1. The first kappa shape index (κ1) is 24.8. The lowest BCUT2D eigenvalue weighted by Gasteiger charge is -2.38. The first-order valence-electron chi connectivity index (χ1n) is 10.4. The van der Waals surface area contributed by atoms with E-state index in [1.165, 1.54) is 0 Å². The van der Waals surface area contributed by atoms with Gasteiger partial charge in [0.15, 0.2) is 5.96 Å². The molecule has 0 saturated carbocycles. The maximum atomic E-state index is 12.1. The van der Waals surface area contributed by atoms with E-state index in [4.69, 9.17) is 4.74 Å². The van der Waals surface area contributed by atoms with Gasteiger partial charge in [0.2, 0.25) is 0 Å². The van der Waals surface area contributed by atoms with E-state index in [0.717, 1.165) is 49.1 Å². The molecule has 0 atom stereocenters. The van der Waals surface area contributed by atoms with Crippen molar-refractivity contribution in [3.8, 4) is 5.75 Å². The summed E-state index contributed by atoms with van der Waals surface area (Å²) in [7, 11) is 3.52. The third kappa shape index (κ3) is 6.49. The summed E-state index contributed by atoms with van der Waals surface area (Å²) in [5.74, 6) is 1.73. The van der Waals surface area contributed by atoms with Gasteiger partial charge < -0.3 is 25.2 Å². The fourth-order valence-corrected chi connectivity index (χ4v) is 3.65. The van der Waals surface area contributed by atoms with Crippen molar-refractivity contribution < 1.29 is 9.53 Å². The van der Waals surface area contributed by atoms with Crippen LogP contribution in [0.5, 0.6) is 5.75 Å². The molecule has 0 unspecified atom stereocenters. The monoisotopic (exact) mass is 537 g/mol. The Bertz CT molecular complexity index is 882. The molecule has 31 heavy (non-hydrogen) atoms. The number of ether oxygens (including phenoxy) is 1. The predicted octanol–water partition coefficient (Wildman–Crippen LogP) is 2.96. The molecule has 1 fully saturated rings. The zero-order valence-corrected chi connectivity index (χ0v) is 20.8. The second-order valence-corrected chi connectivity index (χ2v) is 7.11. The van der Waals surface area contributed by atoms with E-state index < -0.39 is 0 Å². The number of nitrogens with one attached hydrogen (secondary N) is 2. The summed E-state index contributed by atoms with van der Waals surface area (Å²) < 4.78 is 5.50. The summed E-state index contributed by atoms with van der Waals surface area (Å²) in [6.07, 6.45) is 0. The highest BCUT2D eigenvalue weighted by molar-refractivity contribution is 14.0. The summed E-state index contributed by atoms with van der Waals surface area (Å²) in [6, 6.07) is 15.8. The Morgan fingerprint density at radius 1 is 1.06 bits per heavy atom. The minimum atomic E-state index is -0.0452. The number of amides is 1. The zero-order chi connectivity index (χ0) is 21.3. The van der Waals surface area contributed by atoms with Gasteiger partial charge in [-0.3, -0.25) is 9.79 Å². The zero-order valence-electron chi connectivity index (χ0n) is 18.4. The molecule has 2 aromatic rings. The van der Waals surface area contributed by atoms with Gasteiger partial charge in [-0.05, 0) is 36.8 Å². The quantitative estimate of drug-likeness (QED) is 0.337. The van der Waals surface area contributed by atoms with E-state index >= 15 is 0 Å². The lowest BCUT2D eigenvalue weighted by atomic mass is 10.1. The molecule has 2 N–H and O–H groups in total. The van der Waals surface area contributed by atoms with Crippen LogP contribution < -0.4 is 20.3 Å². The summed E-state index contributed by atoms with van der Waals surface area (Å²) in [4.78, 5) is 21.1. The number of nitrogens with zero attached hydrogens (tertiary/aromatic N) is 3. The molecule has 0 spiro atoms. The van der Waals surface area contributed by atoms with Crippen LogP contribution in [0.1, 0.15) is 22.8 Å². The number of carbonyl (C=O) groups is 1. The smallest absolute Gasteiger partial charge is 0.251 e. The van der Waals surface area contributed by atoms with Crippen molar-refractivity contribution in [1.29, 1.82) is 0 Å². The fraction of sp³-hybridized carbons (Fsp3) is 0.391. The third-order valence-electron chi connectivity index (χ3n) is 5.19. The number of methoxy groups -OCH3 is 1. The number of carbonyl (C=O) groups excluding carboxylic acids is 1. The number of aliphatic imine (C=N–C) groups is 1. The molecule has 7 nitrogen and oxygen atoms in total. The van der Waals surface area contributed by atoms with Crippen LogP contribution in [0, 0.1) is 0 Å². The summed E-state index contributed by atoms with van der Waals surface area (Å²) in [5, 5.41) is 6.27. The number of halogens is 1. The molecule has 3 rings (SSSR count). The van der Waals surface area contributed by atoms with Crippen LogP contribution in [-0.4, -0.2) is 63.6 Å². The van der Waals surface area contributed by atoms with Gasteiger partial charge in [0.05, 0.1) is 12.8 Å². The number of anilines is 1. The Morgan fingerprint density at radius 3 is 2.48 bits per heavy atom. The van der Waals surface area contributed by atoms with Crippen LogP contribution in [0.3, 0.4) is 0 Å². The van der Waals surface area contributed by atoms with E-state index in [1.807, 2.05) is 49.4 Å². The van der Waals surface area contributed by atoms with Crippen molar-refractivity contribution in [1.82, 2.24) is 15.5 Å². The molecule has 1 heterocycles. The molecule has 0 bridgehead atoms. The number of hydrogen-bond acceptors (Lipinski definition) is 4. The van der Waals surface area contributed by atoms with Crippen LogP contribution in [0.4, 0.5) is 5.69 Å². The van der Waals surface area contributed by atoms with E-state index in [9.17, 15) is 4.79 Å². The molecule has 1 aliphatic rings. The Morgan fingerprint density at radius 2 is 1.81 bits per heavy atom. The molecular formula is C23H32IN5O2. The van der Waals surface area contributed by atoms with Crippen molar-refractivity contribution in [2.75, 3.05) is 51.8 Å². The molecule has 1 amide bonds. The molecule has 0 aromatic heterocycles. The van der Waals surface area contributed by atoms with Crippen LogP contribution in [0.15, 0.2) is 53.5 Å². The number of piperazine rings is 1. The molecule has 0 radical (unpaired) electrons. The van der Waals surface area contributed by atoms with E-state index in [2.05, 4.69) is 31.5 Å². The number of hydrogen-bond donors (Lipinski definition) is 2. The normalized spacial score (nSPS) is 14.0. The molecule has 168 valence electrons. The number of para-hydroxylation sites is 2. The fourth-order valence-electron chi connectivity index (χ4n) is 3.65. The van der Waals surface area contributed by atoms with Gasteiger partial charge in [-0.15, -0.1) is 24.0 Å². The van der Waals surface area contributed by atoms with Gasteiger partial charge in [-0.1, -0.05) is 24.3 Å². The van der Waals surface area contributed by atoms with E-state index in [-0.39, 0.29) is 29.9 Å². The van der Waals surface area contributed by atoms with Gasteiger partial charge in [-0.25, -0.2) is 0 Å². The lowest BCUT2D eigenvalue weighted by Crippen LogP contribution is -2.52. The standard InChI is InChI=1S/C23H31N5O2.HI/c1-4-25-22(29)19-9-7-8-18(16-19)17-26-23(24-2)28-14-12-27(13-15-28)20-10-5-6-11-21(20)30-3;/h5-11,16H,4,12-15,17H2,1-3H3,(H,24,26)(H,25,29);1H. The van der Waals surface area contributed by atoms with Crippen LogP contribution in [0.25, 0.3) is 0 Å². The average Bonchev–Trinajstić information content (AvgIpc) is 2.80. The molecule has 2 aromatic carbocycles. The first-order valence-corrected chi connectivity index (χ1v) is 10.4. The topological polar surface area (TPSA) is 69.2 Å². The van der Waals surface area contributed by atoms with Crippen molar-refractivity contribution in [3.05, 3.63) is 59.7 Å². The number of guanidine groups is 1. The number of benzene rings is 2. The second kappa shape index (κ2) is 12.4. The minimum absolute atomic E-state index is 0. The molecule has 1 aliphatic heterocycles. The highest BCUT2D eigenvalue weighted by atomic mass is 127. The third-order valence-corrected chi connectivity index (χ3v) is 5.19. The Balaban J connectivity index is 0.00000341. The average molecular weight is 537 g/mol. The first-order chi connectivity index (χ1) is 14.7. The van der Waals surface area contributed by atoms with Crippen molar-refractivity contribution in [2.45, 2.75) is 13.5 Å². The van der Waals surface area contributed by atoms with Crippen molar-refractivity contribution in [3.63, 3.8) is 0 Å². The molecule has 0 aliphatic carbocycles. The van der Waals surface area contributed by atoms with Gasteiger partial charge in [0.25, 0.3) is 5.91 Å². The van der Waals surface area contributed by atoms with Gasteiger partial charge in [0.1, 0.15) is 5.75 Å². The Hall–Kier alpha value is -2.49. The minimum Gasteiger partial charge on any atom is -0.495 e. The van der Waals surface area contributed by atoms with Crippen molar-refractivity contribution in [2.24, 2.45) is 4.99 Å². The second-order valence-electron chi connectivity index (χ2n) is 7.11. The summed E-state index contributed by atoms with van der Waals surface area (Å²) in [6.45, 7) is 6.69. The van der Waals surface area contributed by atoms with Crippen molar-refractivity contribution >= 4 is 41.5 Å². The van der Waals surface area contributed by atoms with E-state index in [1.54, 1.807) is 14.2 Å². The molecule has 8 heteroatoms. The Labute approximate surface area is 201 Å². The van der Waals surface area contributed by atoms with Crippen LogP contribution >= 0.6 is 24.0 Å². The summed E-state index contributed by atoms with van der Waals surface area (Å²) >= 11 is 0. The molecular weight excluding hydrogens is 505 g/mol. The Kier molecular flexibility index (Phi) is 9.90. The number of rotatable bonds is 6. The van der Waals surface area contributed by atoms with Gasteiger partial charge in [0, 0.05) is 51.9 Å². The van der Waals surface area contributed by atoms with Crippen LogP contribution in [0.2, 0.25) is 0 Å². The highest BCUT2D eigenvalue weighted by Crippen LogP contribution is 2.28.